The summed E-state index contributed by atoms with van der Waals surface area (Å²) in [6, 6.07) is 16.1. The Morgan fingerprint density at radius 3 is 1.67 bits per heavy atom. The quantitative estimate of drug-likeness (QED) is 0.115. The highest BCUT2D eigenvalue weighted by Crippen LogP contribution is 2.43. The average Bonchev–Trinajstić information content (AvgIpc) is 4.02. The van der Waals surface area contributed by atoms with Gasteiger partial charge in [-0.3, -0.25) is 9.59 Å². The molecule has 0 aliphatic carbocycles. The van der Waals surface area contributed by atoms with Gasteiger partial charge >= 0.3 is 6.09 Å². The molecule has 0 fully saturated rings. The molecule has 17 heteroatoms. The Morgan fingerprint density at radius 1 is 0.783 bits per heavy atom. The van der Waals surface area contributed by atoms with Crippen LogP contribution < -0.4 is 21.7 Å². The van der Waals surface area contributed by atoms with Crippen molar-refractivity contribution in [3.63, 3.8) is 0 Å². The molecule has 10 nitrogen and oxygen atoms in total. The van der Waals surface area contributed by atoms with Gasteiger partial charge in [-0.15, -0.1) is 12.4 Å². The lowest BCUT2D eigenvalue weighted by molar-refractivity contribution is 0.0523. The van der Waals surface area contributed by atoms with Crippen molar-refractivity contribution in [3.05, 3.63) is 115 Å². The van der Waals surface area contributed by atoms with E-state index in [4.69, 9.17) is 33.7 Å². The van der Waals surface area contributed by atoms with E-state index in [0.29, 0.717) is 76.3 Å². The van der Waals surface area contributed by atoms with E-state index in [1.165, 1.54) is 35.6 Å². The molecule has 8 rings (SSSR count). The fraction of sp³-hybridized carbons (Fsp3) is 0.279. The smallest absolute Gasteiger partial charge is 0.407 e. The third-order valence-corrected chi connectivity index (χ3v) is 11.8. The summed E-state index contributed by atoms with van der Waals surface area (Å²) in [6.07, 6.45) is 0.779. The molecular formula is C43H43Cl3F2N6O4S2. The molecule has 2 unspecified atom stereocenters. The molecule has 0 saturated carbocycles. The number of hydrogen-bond donors (Lipinski definition) is 4. The molecular weight excluding hydrogens is 873 g/mol. The normalized spacial score (nSPS) is 15.7. The average molecular weight is 916 g/mol. The van der Waals surface area contributed by atoms with E-state index in [1.54, 1.807) is 56.4 Å². The second kappa shape index (κ2) is 18.9. The predicted octanol–water partition coefficient (Wildman–Crippen LogP) is 10.6. The number of rotatable bonds is 9. The number of benzene rings is 2. The first kappa shape index (κ1) is 44.8. The zero-order valence-corrected chi connectivity index (χ0v) is 36.8. The largest absolute Gasteiger partial charge is 0.444 e. The van der Waals surface area contributed by atoms with Crippen LogP contribution in [0.1, 0.15) is 66.7 Å². The van der Waals surface area contributed by atoms with Gasteiger partial charge in [0.2, 0.25) is 0 Å². The highest BCUT2D eigenvalue weighted by molar-refractivity contribution is 7.08. The van der Waals surface area contributed by atoms with Gasteiger partial charge < -0.3 is 35.6 Å². The second-order valence-electron chi connectivity index (χ2n) is 15.1. The zero-order chi connectivity index (χ0) is 42.0. The van der Waals surface area contributed by atoms with E-state index in [-0.39, 0.29) is 42.1 Å². The molecule has 4 aromatic heterocycles. The number of carbonyl (C=O) groups excluding carboxylic acids is 3. The fourth-order valence-electron chi connectivity index (χ4n) is 7.46. The monoisotopic (exact) mass is 914 g/mol. The van der Waals surface area contributed by atoms with Crippen molar-refractivity contribution < 1.29 is 27.9 Å². The maximum absolute atomic E-state index is 14.8. The van der Waals surface area contributed by atoms with E-state index in [0.717, 1.165) is 28.9 Å². The number of nitrogens with zero attached hydrogens (tertiary/aromatic N) is 2. The van der Waals surface area contributed by atoms with Crippen molar-refractivity contribution in [2.24, 2.45) is 5.73 Å². The topological polar surface area (TPSA) is 132 Å². The fourth-order valence-corrected chi connectivity index (χ4v) is 9.08. The maximum atomic E-state index is 14.8. The molecule has 316 valence electrons. The summed E-state index contributed by atoms with van der Waals surface area (Å²) in [4.78, 5) is 37.3. The van der Waals surface area contributed by atoms with Crippen molar-refractivity contribution in [2.75, 3.05) is 26.2 Å². The molecule has 0 bridgehead atoms. The van der Waals surface area contributed by atoms with Crippen LogP contribution in [0.3, 0.4) is 0 Å². The van der Waals surface area contributed by atoms with Gasteiger partial charge in [0.15, 0.2) is 0 Å². The Kier molecular flexibility index (Phi) is 14.1. The molecule has 2 atom stereocenters. The van der Waals surface area contributed by atoms with Gasteiger partial charge in [0, 0.05) is 73.8 Å². The van der Waals surface area contributed by atoms with Crippen LogP contribution in [0.25, 0.3) is 44.8 Å². The van der Waals surface area contributed by atoms with Crippen molar-refractivity contribution in [1.82, 2.24) is 25.1 Å². The first-order valence-corrected chi connectivity index (χ1v) is 21.6. The molecule has 2 aliphatic rings. The van der Waals surface area contributed by atoms with E-state index in [1.807, 2.05) is 42.8 Å². The lowest BCUT2D eigenvalue weighted by Gasteiger charge is -2.29. The summed E-state index contributed by atoms with van der Waals surface area (Å²) in [5, 5.41) is 17.3. The molecule has 0 spiro atoms. The lowest BCUT2D eigenvalue weighted by Crippen LogP contribution is -2.41. The van der Waals surface area contributed by atoms with Crippen molar-refractivity contribution in [1.29, 1.82) is 0 Å². The van der Waals surface area contributed by atoms with Crippen LogP contribution in [0.2, 0.25) is 10.0 Å². The minimum atomic E-state index is -0.585. The molecule has 5 N–H and O–H groups in total. The number of aromatic nitrogens is 2. The first-order valence-electron chi connectivity index (χ1n) is 18.9. The number of halogens is 5. The van der Waals surface area contributed by atoms with Crippen LogP contribution in [0, 0.1) is 11.6 Å². The Hall–Kier alpha value is -4.70. The van der Waals surface area contributed by atoms with Crippen LogP contribution in [-0.2, 0) is 4.74 Å². The zero-order valence-electron chi connectivity index (χ0n) is 32.8. The van der Waals surface area contributed by atoms with Crippen LogP contribution >= 0.6 is 58.3 Å². The lowest BCUT2D eigenvalue weighted by atomic mass is 10.0. The standard InChI is InChI=1S/C24H25ClFN3O3S.C19H17ClFN3OS.ClH/c1-24(2,3)32-23(31)27-8-6-16-12-28-22(30)20-11-18(17-10-15(25)4-5-19(17)26)21(29(16)20)14-7-9-33-13-14;20-12-1-2-16(21)14(7-12)15-8-17-19(25)23-9-13(3-5-22)24(17)18(15)11-4-6-26-10-11;/h4-5,7,9-11,13,16H,6,8,12H2,1-3H3,(H,27,31)(H,28,30);1-2,4,6-8,10,13H,3,5,9,22H2,(H,23,25);1H. The number of amides is 3. The third kappa shape index (κ3) is 9.59. The molecule has 6 aromatic rings. The number of fused-ring (bicyclic) bond motifs is 2. The van der Waals surface area contributed by atoms with E-state index in [2.05, 4.69) is 16.0 Å². The first-order chi connectivity index (χ1) is 28.2. The Bertz CT molecular complexity index is 2500. The number of hydrogen-bond acceptors (Lipinski definition) is 7. The third-order valence-electron chi connectivity index (χ3n) is 9.94. The minimum Gasteiger partial charge on any atom is -0.444 e. The number of nitrogens with two attached hydrogens (primary N) is 1. The molecule has 6 heterocycles. The Balaban J connectivity index is 0.000000203. The van der Waals surface area contributed by atoms with Gasteiger partial charge in [-0.1, -0.05) is 23.2 Å². The van der Waals surface area contributed by atoms with Crippen LogP contribution in [-0.4, -0.2) is 58.8 Å². The SMILES string of the molecule is CC(C)(C)OC(=O)NCCC1CNC(=O)c2cc(-c3cc(Cl)ccc3F)c(-c3ccsc3)n21.Cl.NCCC1CNC(=O)c2cc(-c3cc(Cl)ccc3F)c(-c3ccsc3)n21. The molecule has 60 heavy (non-hydrogen) atoms. The minimum absolute atomic E-state index is 0. The van der Waals surface area contributed by atoms with Gasteiger partial charge in [-0.2, -0.15) is 22.7 Å². The molecule has 3 amide bonds. The van der Waals surface area contributed by atoms with E-state index < -0.39 is 17.5 Å². The van der Waals surface area contributed by atoms with Crippen LogP contribution in [0.4, 0.5) is 13.6 Å². The second-order valence-corrected chi connectivity index (χ2v) is 17.6. The number of ether oxygens (including phenoxy) is 1. The summed E-state index contributed by atoms with van der Waals surface area (Å²) >= 11 is 15.4. The maximum Gasteiger partial charge on any atom is 0.407 e. The Morgan fingerprint density at radius 2 is 1.25 bits per heavy atom. The number of alkyl carbamates (subject to hydrolysis) is 1. The number of carbonyl (C=O) groups is 3. The van der Waals surface area contributed by atoms with Gasteiger partial charge in [0.05, 0.1) is 23.5 Å². The van der Waals surface area contributed by atoms with Crippen molar-refractivity contribution in [3.8, 4) is 44.8 Å². The van der Waals surface area contributed by atoms with Gasteiger partial charge in [-0.25, -0.2) is 13.6 Å². The summed E-state index contributed by atoms with van der Waals surface area (Å²) in [6.45, 7) is 7.17. The van der Waals surface area contributed by atoms with Crippen molar-refractivity contribution >= 4 is 76.2 Å². The van der Waals surface area contributed by atoms with Gasteiger partial charge in [0.25, 0.3) is 11.8 Å². The van der Waals surface area contributed by atoms with E-state index in [9.17, 15) is 23.2 Å². The summed E-state index contributed by atoms with van der Waals surface area (Å²) in [5.41, 5.74) is 11.6. The highest BCUT2D eigenvalue weighted by Gasteiger charge is 2.33. The molecule has 2 aliphatic heterocycles. The molecule has 2 aromatic carbocycles. The van der Waals surface area contributed by atoms with E-state index >= 15 is 0 Å². The van der Waals surface area contributed by atoms with Crippen LogP contribution in [0.15, 0.2) is 82.2 Å². The highest BCUT2D eigenvalue weighted by atomic mass is 35.5. The predicted molar refractivity (Wildman–Crippen MR) is 239 cm³/mol. The summed E-state index contributed by atoms with van der Waals surface area (Å²) in [5.74, 6) is -1.17. The van der Waals surface area contributed by atoms with Crippen LogP contribution in [0.5, 0.6) is 0 Å². The Labute approximate surface area is 370 Å². The van der Waals surface area contributed by atoms with Gasteiger partial charge in [0.1, 0.15) is 28.6 Å². The molecule has 0 saturated heterocycles. The molecule has 0 radical (unpaired) electrons. The number of thiophene rings is 2. The van der Waals surface area contributed by atoms with Crippen molar-refractivity contribution in [2.45, 2.75) is 51.3 Å². The number of nitrogens with one attached hydrogen (secondary N) is 3. The summed E-state index contributed by atoms with van der Waals surface area (Å²) in [7, 11) is 0. The van der Waals surface area contributed by atoms with Gasteiger partial charge in [-0.05, 0) is 112 Å². The summed E-state index contributed by atoms with van der Waals surface area (Å²) < 4.78 is 38.7.